The van der Waals surface area contributed by atoms with E-state index < -0.39 is 0 Å². The highest BCUT2D eigenvalue weighted by Crippen LogP contribution is 2.25. The Morgan fingerprint density at radius 3 is 2.53 bits per heavy atom. The van der Waals surface area contributed by atoms with Gasteiger partial charge in [-0.05, 0) is 43.2 Å². The topological polar surface area (TPSA) is 45.9 Å². The van der Waals surface area contributed by atoms with Gasteiger partial charge in [0.05, 0.1) is 11.8 Å². The predicted octanol–water partition coefficient (Wildman–Crippen LogP) is 3.36. The Morgan fingerprint density at radius 2 is 1.88 bits per heavy atom. The monoisotopic (exact) mass is 224 g/mol. The molecule has 1 aromatic heterocycles. The first-order valence-electron chi connectivity index (χ1n) is 5.29. The minimum absolute atomic E-state index is 0.485. The summed E-state index contributed by atoms with van der Waals surface area (Å²) in [5.74, 6) is 1.21. The Kier molecular flexibility index (Phi) is 3.06. The van der Waals surface area contributed by atoms with Crippen molar-refractivity contribution in [1.29, 1.82) is 5.26 Å². The number of aryl methyl sites for hydroxylation is 2. The molecule has 1 aromatic carbocycles. The predicted molar refractivity (Wildman–Crippen MR) is 64.9 cm³/mol. The van der Waals surface area contributed by atoms with E-state index in [9.17, 15) is 0 Å². The van der Waals surface area contributed by atoms with Gasteiger partial charge in [-0.1, -0.05) is 6.07 Å². The minimum Gasteiger partial charge on any atom is -0.454 e. The number of benzene rings is 1. The van der Waals surface area contributed by atoms with Crippen LogP contribution in [0.1, 0.15) is 16.7 Å². The number of aromatic nitrogens is 1. The van der Waals surface area contributed by atoms with Crippen molar-refractivity contribution in [1.82, 2.24) is 4.98 Å². The average molecular weight is 224 g/mol. The Bertz CT molecular complexity index is 565. The normalized spacial score (nSPS) is 9.71. The molecule has 0 radical (unpaired) electrons. The smallest absolute Gasteiger partial charge is 0.163 e. The second-order valence-electron chi connectivity index (χ2n) is 3.91. The van der Waals surface area contributed by atoms with Gasteiger partial charge in [0.1, 0.15) is 11.8 Å². The van der Waals surface area contributed by atoms with Crippen molar-refractivity contribution in [3.8, 4) is 17.6 Å². The van der Waals surface area contributed by atoms with E-state index in [-0.39, 0.29) is 0 Å². The lowest BCUT2D eigenvalue weighted by Gasteiger charge is -2.08. The summed E-state index contributed by atoms with van der Waals surface area (Å²) in [6, 6.07) is 9.65. The first kappa shape index (κ1) is 11.2. The Balaban J connectivity index is 2.35. The van der Waals surface area contributed by atoms with Crippen LogP contribution in [0.25, 0.3) is 0 Å². The lowest BCUT2D eigenvalue weighted by Crippen LogP contribution is -1.90. The fourth-order valence-electron chi connectivity index (χ4n) is 1.67. The van der Waals surface area contributed by atoms with Gasteiger partial charge in [-0.3, -0.25) is 4.98 Å². The molecular weight excluding hydrogens is 212 g/mol. The first-order valence-corrected chi connectivity index (χ1v) is 5.29. The second kappa shape index (κ2) is 4.67. The standard InChI is InChI=1S/C14H12N2O/c1-10-5-11(2)7-13(6-10)17-14-9-16-4-3-12(14)8-15/h3-7,9H,1-2H3. The number of nitrogens with zero attached hydrogens (tertiary/aromatic N) is 2. The summed E-state index contributed by atoms with van der Waals surface area (Å²) in [6.45, 7) is 4.02. The summed E-state index contributed by atoms with van der Waals surface area (Å²) in [7, 11) is 0. The number of hydrogen-bond acceptors (Lipinski definition) is 3. The molecular formula is C14H12N2O. The molecule has 0 saturated carbocycles. The lowest BCUT2D eigenvalue weighted by molar-refractivity contribution is 0.478. The number of pyridine rings is 1. The number of nitriles is 1. The van der Waals surface area contributed by atoms with Gasteiger partial charge in [-0.15, -0.1) is 0 Å². The molecule has 84 valence electrons. The summed E-state index contributed by atoms with van der Waals surface area (Å²) >= 11 is 0. The van der Waals surface area contributed by atoms with E-state index in [1.165, 1.54) is 0 Å². The molecule has 0 saturated heterocycles. The summed E-state index contributed by atoms with van der Waals surface area (Å²) in [6.07, 6.45) is 3.13. The van der Waals surface area contributed by atoms with Crippen molar-refractivity contribution in [2.75, 3.05) is 0 Å². The number of rotatable bonds is 2. The van der Waals surface area contributed by atoms with Crippen LogP contribution >= 0.6 is 0 Å². The largest absolute Gasteiger partial charge is 0.454 e. The van der Waals surface area contributed by atoms with Crippen LogP contribution in [0.2, 0.25) is 0 Å². The molecule has 3 heteroatoms. The zero-order valence-electron chi connectivity index (χ0n) is 9.77. The molecule has 0 spiro atoms. The fraction of sp³-hybridized carbons (Fsp3) is 0.143. The van der Waals surface area contributed by atoms with Crippen LogP contribution in [0.4, 0.5) is 0 Å². The molecule has 0 N–H and O–H groups in total. The maximum atomic E-state index is 8.95. The van der Waals surface area contributed by atoms with Crippen LogP contribution in [0.5, 0.6) is 11.5 Å². The van der Waals surface area contributed by atoms with Gasteiger partial charge in [0.15, 0.2) is 5.75 Å². The highest BCUT2D eigenvalue weighted by atomic mass is 16.5. The molecule has 0 aliphatic heterocycles. The SMILES string of the molecule is Cc1cc(C)cc(Oc2cnccc2C#N)c1. The van der Waals surface area contributed by atoms with Crippen molar-refractivity contribution >= 4 is 0 Å². The van der Waals surface area contributed by atoms with Crippen LogP contribution < -0.4 is 4.74 Å². The maximum Gasteiger partial charge on any atom is 0.163 e. The summed E-state index contributed by atoms with van der Waals surface area (Å²) in [5.41, 5.74) is 2.74. The molecule has 0 aliphatic carbocycles. The van der Waals surface area contributed by atoms with Crippen molar-refractivity contribution in [3.63, 3.8) is 0 Å². The summed E-state index contributed by atoms with van der Waals surface area (Å²) < 4.78 is 5.68. The van der Waals surface area contributed by atoms with Crippen molar-refractivity contribution in [2.45, 2.75) is 13.8 Å². The van der Waals surface area contributed by atoms with Gasteiger partial charge in [-0.2, -0.15) is 5.26 Å². The summed E-state index contributed by atoms with van der Waals surface area (Å²) in [4.78, 5) is 3.96. The average Bonchev–Trinajstić information content (AvgIpc) is 2.28. The third kappa shape index (κ3) is 2.61. The van der Waals surface area contributed by atoms with Crippen LogP contribution in [0.15, 0.2) is 36.7 Å². The maximum absolute atomic E-state index is 8.95. The minimum atomic E-state index is 0.485. The second-order valence-corrected chi connectivity index (χ2v) is 3.91. The van der Waals surface area contributed by atoms with Gasteiger partial charge >= 0.3 is 0 Å². The van der Waals surface area contributed by atoms with Crippen LogP contribution in [-0.4, -0.2) is 4.98 Å². The summed E-state index contributed by atoms with van der Waals surface area (Å²) in [5, 5.41) is 8.95. The Hall–Kier alpha value is -2.34. The first-order chi connectivity index (χ1) is 8.19. The molecule has 0 unspecified atom stereocenters. The van der Waals surface area contributed by atoms with Crippen LogP contribution in [0.3, 0.4) is 0 Å². The molecule has 0 fully saturated rings. The van der Waals surface area contributed by atoms with Gasteiger partial charge in [0.25, 0.3) is 0 Å². The van der Waals surface area contributed by atoms with E-state index in [0.29, 0.717) is 11.3 Å². The van der Waals surface area contributed by atoms with Gasteiger partial charge < -0.3 is 4.74 Å². The van der Waals surface area contributed by atoms with Crippen LogP contribution in [0, 0.1) is 25.2 Å². The fourth-order valence-corrected chi connectivity index (χ4v) is 1.67. The van der Waals surface area contributed by atoms with Gasteiger partial charge in [0, 0.05) is 6.20 Å². The molecule has 0 aliphatic rings. The highest BCUT2D eigenvalue weighted by Gasteiger charge is 2.04. The molecule has 17 heavy (non-hydrogen) atoms. The third-order valence-electron chi connectivity index (χ3n) is 2.33. The van der Waals surface area contributed by atoms with E-state index in [1.54, 1.807) is 18.5 Å². The van der Waals surface area contributed by atoms with E-state index in [2.05, 4.69) is 17.1 Å². The Morgan fingerprint density at radius 1 is 1.18 bits per heavy atom. The van der Waals surface area contributed by atoms with Gasteiger partial charge in [-0.25, -0.2) is 0 Å². The third-order valence-corrected chi connectivity index (χ3v) is 2.33. The number of hydrogen-bond donors (Lipinski definition) is 0. The lowest BCUT2D eigenvalue weighted by atomic mass is 10.1. The van der Waals surface area contributed by atoms with E-state index >= 15 is 0 Å². The van der Waals surface area contributed by atoms with Crippen molar-refractivity contribution in [2.24, 2.45) is 0 Å². The highest BCUT2D eigenvalue weighted by molar-refractivity contribution is 5.44. The quantitative estimate of drug-likeness (QED) is 0.785. The van der Waals surface area contributed by atoms with Crippen LogP contribution in [-0.2, 0) is 0 Å². The van der Waals surface area contributed by atoms with Crippen molar-refractivity contribution < 1.29 is 4.74 Å². The van der Waals surface area contributed by atoms with E-state index in [0.717, 1.165) is 16.9 Å². The van der Waals surface area contributed by atoms with E-state index in [4.69, 9.17) is 10.00 Å². The molecule has 3 nitrogen and oxygen atoms in total. The molecule has 0 amide bonds. The molecule has 2 rings (SSSR count). The molecule has 0 bridgehead atoms. The molecule has 2 aromatic rings. The molecule has 1 heterocycles. The van der Waals surface area contributed by atoms with E-state index in [1.807, 2.05) is 26.0 Å². The number of ether oxygens (including phenoxy) is 1. The Labute approximate surface area is 100 Å². The van der Waals surface area contributed by atoms with Crippen molar-refractivity contribution in [3.05, 3.63) is 53.3 Å². The zero-order valence-corrected chi connectivity index (χ0v) is 9.77. The molecule has 0 atom stereocenters. The zero-order chi connectivity index (χ0) is 12.3. The van der Waals surface area contributed by atoms with Gasteiger partial charge in [0.2, 0.25) is 0 Å².